The topological polar surface area (TPSA) is 55.6 Å². The fraction of sp³-hybridized carbons (Fsp3) is 0.571. The van der Waals surface area contributed by atoms with Gasteiger partial charge in [-0.2, -0.15) is 0 Å². The van der Waals surface area contributed by atoms with Gasteiger partial charge >= 0.3 is 5.69 Å². The number of para-hydroxylation sites is 1. The van der Waals surface area contributed by atoms with Crippen LogP contribution in [0.1, 0.15) is 26.2 Å². The highest BCUT2D eigenvalue weighted by molar-refractivity contribution is 5.69. The van der Waals surface area contributed by atoms with Gasteiger partial charge in [0, 0.05) is 13.6 Å². The van der Waals surface area contributed by atoms with Gasteiger partial charge in [0.25, 0.3) is 0 Å². The van der Waals surface area contributed by atoms with Crippen molar-refractivity contribution in [1.29, 1.82) is 0 Å². The van der Waals surface area contributed by atoms with Crippen molar-refractivity contribution < 1.29 is 9.66 Å². The van der Waals surface area contributed by atoms with Crippen molar-refractivity contribution in [3.8, 4) is 5.75 Å². The van der Waals surface area contributed by atoms with Crippen LogP contribution in [0.5, 0.6) is 5.75 Å². The summed E-state index contributed by atoms with van der Waals surface area (Å²) >= 11 is 0. The molecule has 0 heterocycles. The van der Waals surface area contributed by atoms with Gasteiger partial charge in [0.1, 0.15) is 5.69 Å². The van der Waals surface area contributed by atoms with Gasteiger partial charge < -0.3 is 9.64 Å². The lowest BCUT2D eigenvalue weighted by Gasteiger charge is -2.31. The number of hydrogen-bond donors (Lipinski definition) is 0. The predicted molar refractivity (Wildman–Crippen MR) is 74.9 cm³/mol. The van der Waals surface area contributed by atoms with Crippen molar-refractivity contribution in [2.75, 3.05) is 25.1 Å². The van der Waals surface area contributed by atoms with Gasteiger partial charge in [-0.25, -0.2) is 0 Å². The highest BCUT2D eigenvalue weighted by atomic mass is 16.6. The second-order valence-corrected chi connectivity index (χ2v) is 4.99. The quantitative estimate of drug-likeness (QED) is 0.584. The first-order valence-electron chi connectivity index (χ1n) is 6.74. The van der Waals surface area contributed by atoms with Gasteiger partial charge in [-0.1, -0.05) is 12.5 Å². The van der Waals surface area contributed by atoms with Gasteiger partial charge in [0.05, 0.1) is 11.5 Å². The molecule has 1 saturated carbocycles. The molecule has 0 atom stereocenters. The Morgan fingerprint density at radius 1 is 1.47 bits per heavy atom. The van der Waals surface area contributed by atoms with Crippen LogP contribution in [-0.2, 0) is 0 Å². The minimum atomic E-state index is -0.350. The van der Waals surface area contributed by atoms with E-state index in [2.05, 4.69) is 0 Å². The molecule has 1 aromatic rings. The summed E-state index contributed by atoms with van der Waals surface area (Å²) in [7, 11) is 1.91. The zero-order chi connectivity index (χ0) is 13.8. The van der Waals surface area contributed by atoms with Crippen LogP contribution in [0.25, 0.3) is 0 Å². The van der Waals surface area contributed by atoms with E-state index in [0.717, 1.165) is 6.54 Å². The van der Waals surface area contributed by atoms with E-state index in [1.165, 1.54) is 19.3 Å². The van der Waals surface area contributed by atoms with Crippen LogP contribution < -0.4 is 9.64 Å². The number of anilines is 1. The summed E-state index contributed by atoms with van der Waals surface area (Å²) in [6.45, 7) is 3.13. The molecule has 2 rings (SSSR count). The Bertz CT molecular complexity index is 458. The van der Waals surface area contributed by atoms with Gasteiger partial charge in [-0.05, 0) is 37.8 Å². The standard InChI is InChI=1S/C14H20N2O3/c1-3-19-13-9-5-8-12(14(13)16(17)18)15(2)10-11-6-4-7-11/h5,8-9,11H,3-4,6-7,10H2,1-2H3. The summed E-state index contributed by atoms with van der Waals surface area (Å²) < 4.78 is 5.37. The number of nitrogens with zero attached hydrogens (tertiary/aromatic N) is 2. The molecule has 1 aromatic carbocycles. The highest BCUT2D eigenvalue weighted by Crippen LogP contribution is 2.38. The molecule has 104 valence electrons. The van der Waals surface area contributed by atoms with Crippen molar-refractivity contribution >= 4 is 11.4 Å². The largest absolute Gasteiger partial charge is 0.487 e. The SMILES string of the molecule is CCOc1cccc(N(C)CC2CCC2)c1[N+](=O)[O-]. The summed E-state index contributed by atoms with van der Waals surface area (Å²) in [4.78, 5) is 12.9. The number of nitro groups is 1. The van der Waals surface area contributed by atoms with Crippen LogP contribution in [0.2, 0.25) is 0 Å². The van der Waals surface area contributed by atoms with Gasteiger partial charge in [0.15, 0.2) is 5.75 Å². The molecule has 0 spiro atoms. The summed E-state index contributed by atoms with van der Waals surface area (Å²) in [5.41, 5.74) is 0.717. The number of benzene rings is 1. The minimum Gasteiger partial charge on any atom is -0.487 e. The van der Waals surface area contributed by atoms with Crippen LogP contribution >= 0.6 is 0 Å². The molecular weight excluding hydrogens is 244 g/mol. The van der Waals surface area contributed by atoms with E-state index >= 15 is 0 Å². The van der Waals surface area contributed by atoms with E-state index in [0.29, 0.717) is 24.0 Å². The molecule has 1 fully saturated rings. The maximum Gasteiger partial charge on any atom is 0.333 e. The number of hydrogen-bond acceptors (Lipinski definition) is 4. The summed E-state index contributed by atoms with van der Waals surface area (Å²) in [6.07, 6.45) is 3.73. The first kappa shape index (κ1) is 13.6. The first-order valence-corrected chi connectivity index (χ1v) is 6.74. The molecule has 5 heteroatoms. The Kier molecular flexibility index (Phi) is 4.24. The zero-order valence-corrected chi connectivity index (χ0v) is 11.5. The van der Waals surface area contributed by atoms with Crippen molar-refractivity contribution in [2.45, 2.75) is 26.2 Å². The van der Waals surface area contributed by atoms with Gasteiger partial charge in [0.2, 0.25) is 0 Å². The fourth-order valence-electron chi connectivity index (χ4n) is 2.44. The molecule has 0 radical (unpaired) electrons. The molecule has 0 N–H and O–H groups in total. The Labute approximate surface area is 113 Å². The van der Waals surface area contributed by atoms with Crippen molar-refractivity contribution in [1.82, 2.24) is 0 Å². The van der Waals surface area contributed by atoms with Crippen molar-refractivity contribution in [3.05, 3.63) is 28.3 Å². The fourth-order valence-corrected chi connectivity index (χ4v) is 2.44. The van der Waals surface area contributed by atoms with E-state index < -0.39 is 0 Å². The first-order chi connectivity index (χ1) is 9.13. The summed E-state index contributed by atoms with van der Waals surface area (Å²) in [5.74, 6) is 1.02. The van der Waals surface area contributed by atoms with Crippen LogP contribution in [0.4, 0.5) is 11.4 Å². The smallest absolute Gasteiger partial charge is 0.333 e. The lowest BCUT2D eigenvalue weighted by molar-refractivity contribution is -0.385. The Balaban J connectivity index is 2.26. The number of ether oxygens (including phenoxy) is 1. The lowest BCUT2D eigenvalue weighted by atomic mass is 9.85. The number of nitro benzene ring substituents is 1. The zero-order valence-electron chi connectivity index (χ0n) is 11.5. The second-order valence-electron chi connectivity index (χ2n) is 4.99. The molecule has 5 nitrogen and oxygen atoms in total. The van der Waals surface area contributed by atoms with Crippen LogP contribution in [0.15, 0.2) is 18.2 Å². The van der Waals surface area contributed by atoms with E-state index in [-0.39, 0.29) is 10.6 Å². The van der Waals surface area contributed by atoms with E-state index in [4.69, 9.17) is 4.74 Å². The van der Waals surface area contributed by atoms with Crippen LogP contribution in [0, 0.1) is 16.0 Å². The third-order valence-electron chi connectivity index (χ3n) is 3.63. The van der Waals surface area contributed by atoms with E-state index in [1.807, 2.05) is 24.9 Å². The highest BCUT2D eigenvalue weighted by Gasteiger charge is 2.26. The number of rotatable bonds is 6. The third-order valence-corrected chi connectivity index (χ3v) is 3.63. The molecule has 0 aromatic heterocycles. The average molecular weight is 264 g/mol. The molecular formula is C14H20N2O3. The third kappa shape index (κ3) is 2.97. The normalized spacial score (nSPS) is 14.8. The predicted octanol–water partition coefficient (Wildman–Crippen LogP) is 3.23. The molecule has 1 aliphatic carbocycles. The molecule has 0 aliphatic heterocycles. The van der Waals surface area contributed by atoms with Crippen molar-refractivity contribution in [3.63, 3.8) is 0 Å². The Morgan fingerprint density at radius 3 is 2.74 bits per heavy atom. The van der Waals surface area contributed by atoms with Crippen LogP contribution in [-0.4, -0.2) is 25.1 Å². The molecule has 0 bridgehead atoms. The lowest BCUT2D eigenvalue weighted by Crippen LogP contribution is -2.29. The minimum absolute atomic E-state index is 0.0752. The van der Waals surface area contributed by atoms with Gasteiger partial charge in [-0.15, -0.1) is 0 Å². The monoisotopic (exact) mass is 264 g/mol. The van der Waals surface area contributed by atoms with Crippen LogP contribution in [0.3, 0.4) is 0 Å². The molecule has 1 aliphatic rings. The van der Waals surface area contributed by atoms with Gasteiger partial charge in [-0.3, -0.25) is 10.1 Å². The maximum atomic E-state index is 11.3. The van der Waals surface area contributed by atoms with E-state index in [9.17, 15) is 10.1 Å². The van der Waals surface area contributed by atoms with E-state index in [1.54, 1.807) is 12.1 Å². The molecule has 19 heavy (non-hydrogen) atoms. The Hall–Kier alpha value is -1.78. The maximum absolute atomic E-state index is 11.3. The summed E-state index contributed by atoms with van der Waals surface area (Å²) in [6, 6.07) is 5.26. The molecule has 0 saturated heterocycles. The average Bonchev–Trinajstić information content (AvgIpc) is 2.33. The summed E-state index contributed by atoms with van der Waals surface area (Å²) in [5, 5.41) is 11.3. The van der Waals surface area contributed by atoms with Crippen molar-refractivity contribution in [2.24, 2.45) is 5.92 Å². The second kappa shape index (κ2) is 5.91. The molecule has 0 unspecified atom stereocenters. The molecule has 0 amide bonds. The Morgan fingerprint density at radius 2 is 2.21 bits per heavy atom.